The summed E-state index contributed by atoms with van der Waals surface area (Å²) in [6.45, 7) is 1.03. The number of anilines is 1. The van der Waals surface area contributed by atoms with Crippen LogP contribution in [0, 0.1) is 0 Å². The van der Waals surface area contributed by atoms with Crippen LogP contribution in [0.15, 0.2) is 27.3 Å². The van der Waals surface area contributed by atoms with Crippen LogP contribution in [-0.2, 0) is 13.1 Å². The molecule has 0 spiro atoms. The number of halogens is 2. The minimum absolute atomic E-state index is 0.0473. The van der Waals surface area contributed by atoms with Crippen molar-refractivity contribution in [3.8, 4) is 5.75 Å². The number of aromatic nitrogens is 3. The maximum atomic E-state index is 8.83. The molecule has 0 aliphatic carbocycles. The van der Waals surface area contributed by atoms with Gasteiger partial charge in [0.05, 0.1) is 43.2 Å². The number of nitrogens with zero attached hydrogens (tertiary/aromatic N) is 3. The van der Waals surface area contributed by atoms with Gasteiger partial charge in [0.25, 0.3) is 0 Å². The summed E-state index contributed by atoms with van der Waals surface area (Å²) in [6, 6.07) is 3.82. The number of methoxy groups -OCH3 is 1. The van der Waals surface area contributed by atoms with Crippen molar-refractivity contribution in [2.75, 3.05) is 19.0 Å². The van der Waals surface area contributed by atoms with Gasteiger partial charge in [0.2, 0.25) is 0 Å². The molecule has 2 rings (SSSR count). The van der Waals surface area contributed by atoms with E-state index in [9.17, 15) is 0 Å². The van der Waals surface area contributed by atoms with E-state index in [1.54, 1.807) is 18.0 Å². The van der Waals surface area contributed by atoms with Gasteiger partial charge in [-0.15, -0.1) is 5.10 Å². The van der Waals surface area contributed by atoms with Gasteiger partial charge in [-0.2, -0.15) is 0 Å². The highest BCUT2D eigenvalue weighted by molar-refractivity contribution is 9.11. The van der Waals surface area contributed by atoms with Crippen LogP contribution in [0.4, 0.5) is 5.69 Å². The van der Waals surface area contributed by atoms with Gasteiger partial charge in [-0.25, -0.2) is 4.68 Å². The molecule has 0 saturated carbocycles. The number of benzene rings is 1. The Bertz CT molecular complexity index is 589. The molecule has 0 radical (unpaired) electrons. The molecule has 1 aromatic heterocycles. The smallest absolute Gasteiger partial charge is 0.135 e. The minimum Gasteiger partial charge on any atom is -0.495 e. The van der Waals surface area contributed by atoms with Gasteiger partial charge in [0, 0.05) is 10.5 Å². The Morgan fingerprint density at radius 3 is 2.85 bits per heavy atom. The van der Waals surface area contributed by atoms with E-state index in [1.165, 1.54) is 0 Å². The third-order valence-electron chi connectivity index (χ3n) is 2.62. The molecule has 20 heavy (non-hydrogen) atoms. The van der Waals surface area contributed by atoms with Gasteiger partial charge >= 0.3 is 0 Å². The summed E-state index contributed by atoms with van der Waals surface area (Å²) in [7, 11) is 1.62. The first kappa shape index (κ1) is 15.3. The lowest BCUT2D eigenvalue weighted by molar-refractivity contribution is 0.268. The van der Waals surface area contributed by atoms with Crippen molar-refractivity contribution >= 4 is 37.5 Å². The first-order chi connectivity index (χ1) is 9.63. The lowest BCUT2D eigenvalue weighted by Crippen LogP contribution is -2.02. The molecule has 0 aliphatic rings. The van der Waals surface area contributed by atoms with Crippen LogP contribution >= 0.6 is 31.9 Å². The summed E-state index contributed by atoms with van der Waals surface area (Å²) in [5.74, 6) is 0.750. The van der Waals surface area contributed by atoms with Crippen molar-refractivity contribution in [2.24, 2.45) is 0 Å². The Hall–Kier alpha value is -1.12. The zero-order valence-corrected chi connectivity index (χ0v) is 14.0. The molecule has 2 N–H and O–H groups in total. The van der Waals surface area contributed by atoms with E-state index >= 15 is 0 Å². The molecular formula is C12H14Br2N4O2. The fraction of sp³-hybridized carbons (Fsp3) is 0.333. The number of aliphatic hydroxyl groups excluding tert-OH is 1. The molecule has 0 aliphatic heterocycles. The van der Waals surface area contributed by atoms with E-state index < -0.39 is 0 Å². The molecule has 108 valence electrons. The number of nitrogens with one attached hydrogen (secondary N) is 1. The van der Waals surface area contributed by atoms with Crippen LogP contribution in [0.25, 0.3) is 0 Å². The van der Waals surface area contributed by atoms with Gasteiger partial charge in [0.1, 0.15) is 11.4 Å². The summed E-state index contributed by atoms with van der Waals surface area (Å²) in [5.41, 5.74) is 1.70. The molecule has 0 unspecified atom stereocenters. The van der Waals surface area contributed by atoms with Crippen LogP contribution in [-0.4, -0.2) is 33.8 Å². The standard InChI is InChI=1S/C12H14Br2N4O2/c1-20-12-5-11(9(13)4-10(12)14)15-6-8-7-18(2-3-19)17-16-8/h4-5,7,15,19H,2-3,6H2,1H3. The van der Waals surface area contributed by atoms with Crippen LogP contribution in [0.3, 0.4) is 0 Å². The van der Waals surface area contributed by atoms with Crippen LogP contribution < -0.4 is 10.1 Å². The van der Waals surface area contributed by atoms with Crippen molar-refractivity contribution in [3.05, 3.63) is 33.0 Å². The van der Waals surface area contributed by atoms with Gasteiger partial charge in [0.15, 0.2) is 0 Å². The third-order valence-corrected chi connectivity index (χ3v) is 3.89. The second kappa shape index (κ2) is 7.05. The first-order valence-electron chi connectivity index (χ1n) is 5.91. The zero-order chi connectivity index (χ0) is 14.5. The number of hydrogen-bond acceptors (Lipinski definition) is 5. The second-order valence-electron chi connectivity index (χ2n) is 4.02. The molecule has 0 saturated heterocycles. The Labute approximate surface area is 133 Å². The van der Waals surface area contributed by atoms with E-state index in [-0.39, 0.29) is 6.61 Å². The molecule has 2 aromatic rings. The number of ether oxygens (including phenoxy) is 1. The summed E-state index contributed by atoms with van der Waals surface area (Å²) in [5, 5.41) is 20.0. The predicted molar refractivity (Wildman–Crippen MR) is 82.8 cm³/mol. The molecule has 1 heterocycles. The largest absolute Gasteiger partial charge is 0.495 e. The Kier molecular flexibility index (Phi) is 5.38. The fourth-order valence-corrected chi connectivity index (χ4v) is 2.93. The SMILES string of the molecule is COc1cc(NCc2cn(CCO)nn2)c(Br)cc1Br. The van der Waals surface area contributed by atoms with Crippen molar-refractivity contribution in [1.29, 1.82) is 0 Å². The molecular weight excluding hydrogens is 392 g/mol. The summed E-state index contributed by atoms with van der Waals surface area (Å²) in [4.78, 5) is 0. The molecule has 0 fully saturated rings. The lowest BCUT2D eigenvalue weighted by Gasteiger charge is -2.10. The quantitative estimate of drug-likeness (QED) is 0.772. The molecule has 0 amide bonds. The highest BCUT2D eigenvalue weighted by atomic mass is 79.9. The monoisotopic (exact) mass is 404 g/mol. The maximum absolute atomic E-state index is 8.83. The van der Waals surface area contributed by atoms with Gasteiger partial charge in [-0.3, -0.25) is 0 Å². The minimum atomic E-state index is 0.0473. The topological polar surface area (TPSA) is 72.2 Å². The third kappa shape index (κ3) is 3.71. The van der Waals surface area contributed by atoms with Crippen LogP contribution in [0.1, 0.15) is 5.69 Å². The van der Waals surface area contributed by atoms with Gasteiger partial charge in [-0.05, 0) is 37.9 Å². The molecule has 1 aromatic carbocycles. The average Bonchev–Trinajstić information content (AvgIpc) is 2.86. The van der Waals surface area contributed by atoms with Crippen molar-refractivity contribution in [3.63, 3.8) is 0 Å². The molecule has 8 heteroatoms. The van der Waals surface area contributed by atoms with Crippen molar-refractivity contribution in [1.82, 2.24) is 15.0 Å². The van der Waals surface area contributed by atoms with E-state index in [2.05, 4.69) is 47.5 Å². The Morgan fingerprint density at radius 1 is 1.35 bits per heavy atom. The highest BCUT2D eigenvalue weighted by Gasteiger charge is 2.08. The zero-order valence-electron chi connectivity index (χ0n) is 10.8. The summed E-state index contributed by atoms with van der Waals surface area (Å²) < 4.78 is 8.67. The highest BCUT2D eigenvalue weighted by Crippen LogP contribution is 2.34. The number of aliphatic hydroxyl groups is 1. The van der Waals surface area contributed by atoms with E-state index in [0.29, 0.717) is 13.1 Å². The Morgan fingerprint density at radius 2 is 2.15 bits per heavy atom. The lowest BCUT2D eigenvalue weighted by atomic mass is 10.3. The maximum Gasteiger partial charge on any atom is 0.135 e. The number of rotatable bonds is 6. The Balaban J connectivity index is 2.06. The van der Waals surface area contributed by atoms with Gasteiger partial charge < -0.3 is 15.2 Å². The summed E-state index contributed by atoms with van der Waals surface area (Å²) >= 11 is 6.92. The van der Waals surface area contributed by atoms with Crippen molar-refractivity contribution < 1.29 is 9.84 Å². The molecule has 6 nitrogen and oxygen atoms in total. The molecule has 0 bridgehead atoms. The van der Waals surface area contributed by atoms with Crippen LogP contribution in [0.5, 0.6) is 5.75 Å². The predicted octanol–water partition coefficient (Wildman–Crippen LogP) is 2.42. The van der Waals surface area contributed by atoms with E-state index in [1.807, 2.05) is 12.1 Å². The van der Waals surface area contributed by atoms with E-state index in [4.69, 9.17) is 9.84 Å². The summed E-state index contributed by atoms with van der Waals surface area (Å²) in [6.07, 6.45) is 1.80. The fourth-order valence-electron chi connectivity index (χ4n) is 1.64. The van der Waals surface area contributed by atoms with Crippen molar-refractivity contribution in [2.45, 2.75) is 13.1 Å². The van der Waals surface area contributed by atoms with Gasteiger partial charge in [-0.1, -0.05) is 5.21 Å². The second-order valence-corrected chi connectivity index (χ2v) is 5.73. The molecule has 0 atom stereocenters. The number of hydrogen-bond donors (Lipinski definition) is 2. The van der Waals surface area contributed by atoms with E-state index in [0.717, 1.165) is 26.1 Å². The average molecular weight is 406 g/mol. The normalized spacial score (nSPS) is 10.6. The van der Waals surface area contributed by atoms with Crippen LogP contribution in [0.2, 0.25) is 0 Å². The first-order valence-corrected chi connectivity index (χ1v) is 7.49.